The molecule has 0 aliphatic carbocycles. The van der Waals surface area contributed by atoms with Gasteiger partial charge in [-0.05, 0) is 13.0 Å². The van der Waals surface area contributed by atoms with Gasteiger partial charge in [0.1, 0.15) is 35.6 Å². The molecule has 0 bridgehead atoms. The minimum Gasteiger partial charge on any atom is -0.394 e. The van der Waals surface area contributed by atoms with E-state index in [0.29, 0.717) is 16.9 Å². The molecule has 0 unspecified atom stereocenters. The minimum absolute atomic E-state index is 0.325. The van der Waals surface area contributed by atoms with Crippen LogP contribution in [0, 0.1) is 0 Å². The van der Waals surface area contributed by atoms with Gasteiger partial charge >= 0.3 is 0 Å². The fraction of sp³-hybridized carbons (Fsp3) is 0.500. The summed E-state index contributed by atoms with van der Waals surface area (Å²) in [5.74, 6) is 0.325. The average Bonchev–Trinajstić information content (AvgIpc) is 2.92. The van der Waals surface area contributed by atoms with Gasteiger partial charge in [0, 0.05) is 6.20 Å². The smallest absolute Gasteiger partial charge is 0.167 e. The number of nitrogens with zero attached hydrogens (tertiary/aromatic N) is 3. The monoisotopic (exact) mass is 280 g/mol. The average molecular weight is 280 g/mol. The van der Waals surface area contributed by atoms with Crippen molar-refractivity contribution in [2.45, 2.75) is 31.0 Å². The van der Waals surface area contributed by atoms with Crippen LogP contribution >= 0.6 is 0 Å². The Morgan fingerprint density at radius 3 is 2.90 bits per heavy atom. The first-order valence-electron chi connectivity index (χ1n) is 6.20. The molecule has 0 spiro atoms. The molecule has 1 fully saturated rings. The van der Waals surface area contributed by atoms with E-state index >= 15 is 0 Å². The summed E-state index contributed by atoms with van der Waals surface area (Å²) in [6.45, 7) is 1.07. The Labute approximate surface area is 114 Å². The third-order valence-electron chi connectivity index (χ3n) is 3.73. The molecule has 3 rings (SSSR count). The van der Waals surface area contributed by atoms with Gasteiger partial charge in [0.2, 0.25) is 0 Å². The lowest BCUT2D eigenvalue weighted by Gasteiger charge is -2.27. The van der Waals surface area contributed by atoms with Crippen molar-refractivity contribution in [1.82, 2.24) is 14.5 Å². The van der Waals surface area contributed by atoms with Crippen LogP contribution in [-0.4, -0.2) is 54.3 Å². The second kappa shape index (κ2) is 4.38. The zero-order chi connectivity index (χ0) is 14.5. The topological polar surface area (TPSA) is 127 Å². The molecule has 4 atom stereocenters. The molecule has 2 aromatic rings. The number of aliphatic hydroxyl groups excluding tert-OH is 2. The summed E-state index contributed by atoms with van der Waals surface area (Å²) >= 11 is 0. The van der Waals surface area contributed by atoms with E-state index < -0.39 is 24.0 Å². The fourth-order valence-electron chi connectivity index (χ4n) is 2.57. The summed E-state index contributed by atoms with van der Waals surface area (Å²) in [6, 6.07) is 1.71. The first-order chi connectivity index (χ1) is 9.46. The van der Waals surface area contributed by atoms with Gasteiger partial charge in [-0.3, -0.25) is 0 Å². The zero-order valence-electron chi connectivity index (χ0n) is 10.8. The molecule has 2 aromatic heterocycles. The number of hydrogen-bond donors (Lipinski definition) is 4. The van der Waals surface area contributed by atoms with Crippen molar-refractivity contribution < 1.29 is 20.1 Å². The van der Waals surface area contributed by atoms with Gasteiger partial charge in [-0.25, -0.2) is 9.97 Å². The molecule has 0 saturated carbocycles. The van der Waals surface area contributed by atoms with Gasteiger partial charge in [0.25, 0.3) is 0 Å². The summed E-state index contributed by atoms with van der Waals surface area (Å²) in [6.07, 6.45) is 0.0428. The quantitative estimate of drug-likeness (QED) is 0.556. The van der Waals surface area contributed by atoms with Crippen molar-refractivity contribution >= 4 is 16.9 Å². The molecule has 20 heavy (non-hydrogen) atoms. The third kappa shape index (κ3) is 1.70. The number of ether oxygens (including phenoxy) is 1. The molecular weight excluding hydrogens is 264 g/mol. The lowest BCUT2D eigenvalue weighted by atomic mass is 9.96. The van der Waals surface area contributed by atoms with E-state index in [1.54, 1.807) is 16.8 Å². The Morgan fingerprint density at radius 2 is 2.25 bits per heavy atom. The number of hydrogen-bond acceptors (Lipinski definition) is 7. The standard InChI is InChI=1S/C12H16N4O4/c1-12(19)8(18)7(4-17)20-11(12)16-3-2-6-9(13)14-5-15-10(6)16/h2-3,5,7-8,11,17-19H,4H2,1H3,(H2,13,14,15)/t7-,8-,11-,12+/m1/s1. The van der Waals surface area contributed by atoms with Crippen molar-refractivity contribution in [1.29, 1.82) is 0 Å². The molecule has 1 aliphatic rings. The molecule has 1 saturated heterocycles. The van der Waals surface area contributed by atoms with Crippen molar-refractivity contribution in [2.75, 3.05) is 12.3 Å². The van der Waals surface area contributed by atoms with Crippen LogP contribution in [0.1, 0.15) is 13.2 Å². The number of anilines is 1. The Balaban J connectivity index is 2.10. The largest absolute Gasteiger partial charge is 0.394 e. The van der Waals surface area contributed by atoms with Crippen molar-refractivity contribution in [3.8, 4) is 0 Å². The fourth-order valence-corrected chi connectivity index (χ4v) is 2.57. The lowest BCUT2D eigenvalue weighted by Crippen LogP contribution is -2.44. The van der Waals surface area contributed by atoms with E-state index in [1.165, 1.54) is 13.3 Å². The van der Waals surface area contributed by atoms with Crippen LogP contribution in [0.2, 0.25) is 0 Å². The van der Waals surface area contributed by atoms with Crippen molar-refractivity contribution in [2.24, 2.45) is 0 Å². The molecule has 0 amide bonds. The SMILES string of the molecule is C[C@]1(O)[C@H](O)[C@@H](CO)O[C@H]1n1ccc2c(N)ncnc21. The number of rotatable bonds is 2. The van der Waals surface area contributed by atoms with E-state index in [1.807, 2.05) is 0 Å². The molecular formula is C12H16N4O4. The normalized spacial score (nSPS) is 33.9. The van der Waals surface area contributed by atoms with Crippen LogP contribution in [0.15, 0.2) is 18.6 Å². The molecule has 8 nitrogen and oxygen atoms in total. The maximum absolute atomic E-state index is 10.4. The lowest BCUT2D eigenvalue weighted by molar-refractivity contribution is -0.0948. The summed E-state index contributed by atoms with van der Waals surface area (Å²) in [4.78, 5) is 8.01. The van der Waals surface area contributed by atoms with Crippen molar-refractivity contribution in [3.05, 3.63) is 18.6 Å². The Morgan fingerprint density at radius 1 is 1.50 bits per heavy atom. The predicted octanol–water partition coefficient (Wildman–Crippen LogP) is -0.985. The van der Waals surface area contributed by atoms with Crippen LogP contribution in [0.3, 0.4) is 0 Å². The van der Waals surface area contributed by atoms with Crippen LogP contribution < -0.4 is 5.73 Å². The Kier molecular flexibility index (Phi) is 2.91. The van der Waals surface area contributed by atoms with Gasteiger partial charge in [-0.1, -0.05) is 0 Å². The number of aliphatic hydroxyl groups is 3. The minimum atomic E-state index is -1.56. The highest BCUT2D eigenvalue weighted by Gasteiger charge is 2.53. The molecule has 108 valence electrons. The highest BCUT2D eigenvalue weighted by atomic mass is 16.6. The van der Waals surface area contributed by atoms with Gasteiger partial charge in [0.05, 0.1) is 12.0 Å². The van der Waals surface area contributed by atoms with E-state index in [0.717, 1.165) is 0 Å². The van der Waals surface area contributed by atoms with Crippen LogP contribution in [0.4, 0.5) is 5.82 Å². The van der Waals surface area contributed by atoms with Crippen LogP contribution in [0.5, 0.6) is 0 Å². The van der Waals surface area contributed by atoms with E-state index in [4.69, 9.17) is 10.5 Å². The third-order valence-corrected chi connectivity index (χ3v) is 3.73. The number of fused-ring (bicyclic) bond motifs is 1. The highest BCUT2D eigenvalue weighted by Crippen LogP contribution is 2.39. The van der Waals surface area contributed by atoms with E-state index in [2.05, 4.69) is 9.97 Å². The highest BCUT2D eigenvalue weighted by molar-refractivity contribution is 5.86. The molecule has 8 heteroatoms. The summed E-state index contributed by atoms with van der Waals surface area (Å²) in [7, 11) is 0. The van der Waals surface area contributed by atoms with Crippen molar-refractivity contribution in [3.63, 3.8) is 0 Å². The zero-order valence-corrected chi connectivity index (χ0v) is 10.8. The first-order valence-corrected chi connectivity index (χ1v) is 6.20. The van der Waals surface area contributed by atoms with Crippen LogP contribution in [0.25, 0.3) is 11.0 Å². The van der Waals surface area contributed by atoms with Gasteiger partial charge < -0.3 is 30.4 Å². The summed E-state index contributed by atoms with van der Waals surface area (Å²) < 4.78 is 7.12. The summed E-state index contributed by atoms with van der Waals surface area (Å²) in [5, 5.41) is 30.3. The number of nitrogen functional groups attached to an aromatic ring is 1. The van der Waals surface area contributed by atoms with E-state index in [-0.39, 0.29) is 6.61 Å². The summed E-state index contributed by atoms with van der Waals surface area (Å²) in [5.41, 5.74) is 4.70. The molecule has 5 N–H and O–H groups in total. The Bertz CT molecular complexity index is 641. The Hall–Kier alpha value is -1.74. The maximum atomic E-state index is 10.4. The predicted molar refractivity (Wildman–Crippen MR) is 69.6 cm³/mol. The van der Waals surface area contributed by atoms with Gasteiger partial charge in [-0.15, -0.1) is 0 Å². The molecule has 1 aliphatic heterocycles. The second-order valence-electron chi connectivity index (χ2n) is 5.10. The first kappa shape index (κ1) is 13.3. The van der Waals surface area contributed by atoms with Crippen LogP contribution in [-0.2, 0) is 4.74 Å². The number of nitrogens with two attached hydrogens (primary N) is 1. The second-order valence-corrected chi connectivity index (χ2v) is 5.10. The molecule has 3 heterocycles. The van der Waals surface area contributed by atoms with Gasteiger partial charge in [-0.2, -0.15) is 0 Å². The molecule has 0 radical (unpaired) electrons. The number of aromatic nitrogens is 3. The van der Waals surface area contributed by atoms with E-state index in [9.17, 15) is 15.3 Å². The molecule has 0 aromatic carbocycles. The maximum Gasteiger partial charge on any atom is 0.167 e. The van der Waals surface area contributed by atoms with Gasteiger partial charge in [0.15, 0.2) is 6.23 Å².